The highest BCUT2D eigenvalue weighted by Gasteiger charge is 2.43. The summed E-state index contributed by atoms with van der Waals surface area (Å²) >= 11 is 0. The third-order valence-electron chi connectivity index (χ3n) is 4.81. The maximum atomic E-state index is 12.2. The fourth-order valence-corrected chi connectivity index (χ4v) is 3.15. The highest BCUT2D eigenvalue weighted by molar-refractivity contribution is 5.79. The Balaban J connectivity index is 1.80. The second kappa shape index (κ2) is 7.24. The number of amides is 1. The second-order valence-corrected chi connectivity index (χ2v) is 6.66. The molecule has 2 N–H and O–H groups in total. The van der Waals surface area contributed by atoms with Gasteiger partial charge in [-0.3, -0.25) is 9.69 Å². The molecule has 5 nitrogen and oxygen atoms in total. The molecule has 1 unspecified atom stereocenters. The minimum atomic E-state index is -0.675. The number of carbonyl (C=O) groups is 1. The van der Waals surface area contributed by atoms with Crippen LogP contribution < -0.4 is 10.6 Å². The van der Waals surface area contributed by atoms with Crippen molar-refractivity contribution in [3.63, 3.8) is 0 Å². The van der Waals surface area contributed by atoms with Crippen molar-refractivity contribution in [3.8, 4) is 6.07 Å². The summed E-state index contributed by atoms with van der Waals surface area (Å²) in [5, 5.41) is 15.6. The van der Waals surface area contributed by atoms with Gasteiger partial charge in [0, 0.05) is 6.54 Å². The molecule has 0 aromatic rings. The van der Waals surface area contributed by atoms with Crippen molar-refractivity contribution in [1.29, 1.82) is 5.26 Å². The average Bonchev–Trinajstić information content (AvgIpc) is 3.32. The molecule has 1 atom stereocenters. The predicted molar refractivity (Wildman–Crippen MR) is 82.6 cm³/mol. The number of hydrogen-bond donors (Lipinski definition) is 2. The Labute approximate surface area is 128 Å². The van der Waals surface area contributed by atoms with Crippen molar-refractivity contribution in [2.45, 2.75) is 45.1 Å². The molecule has 0 aromatic heterocycles. The smallest absolute Gasteiger partial charge is 0.235 e. The molecule has 1 heterocycles. The van der Waals surface area contributed by atoms with E-state index in [1.807, 2.05) is 6.92 Å². The van der Waals surface area contributed by atoms with E-state index in [9.17, 15) is 10.1 Å². The summed E-state index contributed by atoms with van der Waals surface area (Å²) < 4.78 is 0. The minimum absolute atomic E-state index is 0.0123. The predicted octanol–water partition coefficient (Wildman–Crippen LogP) is 1.12. The molecular weight excluding hydrogens is 264 g/mol. The lowest BCUT2D eigenvalue weighted by Crippen LogP contribution is -2.50. The molecule has 0 aromatic carbocycles. The molecule has 21 heavy (non-hydrogen) atoms. The van der Waals surface area contributed by atoms with Crippen LogP contribution in [0.3, 0.4) is 0 Å². The summed E-state index contributed by atoms with van der Waals surface area (Å²) in [6, 6.07) is 2.29. The fourth-order valence-electron chi connectivity index (χ4n) is 3.15. The molecule has 2 fully saturated rings. The van der Waals surface area contributed by atoms with Crippen molar-refractivity contribution in [3.05, 3.63) is 0 Å². The molecule has 118 valence electrons. The molecule has 0 radical (unpaired) electrons. The van der Waals surface area contributed by atoms with Crippen molar-refractivity contribution < 1.29 is 4.79 Å². The Kier molecular flexibility index (Phi) is 5.60. The normalized spacial score (nSPS) is 22.6. The lowest BCUT2D eigenvalue weighted by molar-refractivity contribution is -0.123. The minimum Gasteiger partial charge on any atom is -0.337 e. The topological polar surface area (TPSA) is 68.2 Å². The molecule has 1 aliphatic heterocycles. The molecule has 1 amide bonds. The van der Waals surface area contributed by atoms with Crippen molar-refractivity contribution in [2.24, 2.45) is 11.8 Å². The first-order valence-corrected chi connectivity index (χ1v) is 8.22. The van der Waals surface area contributed by atoms with E-state index in [2.05, 4.69) is 28.5 Å². The Hall–Kier alpha value is -1.12. The van der Waals surface area contributed by atoms with Gasteiger partial charge in [0.2, 0.25) is 5.91 Å². The van der Waals surface area contributed by atoms with Crippen LogP contribution in [0.25, 0.3) is 0 Å². The standard InChI is InChI=1S/C16H28N4O/c1-3-20(10-13-6-8-18-9-7-13)11-15(21)19-16(2,12-17)14-4-5-14/h13-14,18H,3-11H2,1-2H3,(H,19,21). The van der Waals surface area contributed by atoms with Crippen LogP contribution >= 0.6 is 0 Å². The van der Waals surface area contributed by atoms with Crippen LogP contribution in [0.2, 0.25) is 0 Å². The lowest BCUT2D eigenvalue weighted by Gasteiger charge is -2.30. The fraction of sp³-hybridized carbons (Fsp3) is 0.875. The number of nitrogens with one attached hydrogen (secondary N) is 2. The first-order valence-electron chi connectivity index (χ1n) is 8.22. The van der Waals surface area contributed by atoms with E-state index in [0.29, 0.717) is 18.4 Å². The zero-order valence-corrected chi connectivity index (χ0v) is 13.3. The first kappa shape index (κ1) is 16.3. The maximum absolute atomic E-state index is 12.2. The lowest BCUT2D eigenvalue weighted by atomic mass is 9.97. The summed E-state index contributed by atoms with van der Waals surface area (Å²) in [5.74, 6) is 1.01. The van der Waals surface area contributed by atoms with E-state index in [1.54, 1.807) is 0 Å². The highest BCUT2D eigenvalue weighted by atomic mass is 16.2. The van der Waals surface area contributed by atoms with Crippen molar-refractivity contribution >= 4 is 5.91 Å². The number of carbonyl (C=O) groups excluding carboxylic acids is 1. The molecule has 1 saturated carbocycles. The summed E-state index contributed by atoms with van der Waals surface area (Å²) in [4.78, 5) is 14.4. The number of hydrogen-bond acceptors (Lipinski definition) is 4. The van der Waals surface area contributed by atoms with Crippen LogP contribution in [-0.4, -0.2) is 49.1 Å². The molecule has 2 rings (SSSR count). The van der Waals surface area contributed by atoms with Crippen molar-refractivity contribution in [2.75, 3.05) is 32.7 Å². The van der Waals surface area contributed by atoms with Gasteiger partial charge >= 0.3 is 0 Å². The Bertz CT molecular complexity index is 396. The van der Waals surface area contributed by atoms with E-state index in [1.165, 1.54) is 12.8 Å². The quantitative estimate of drug-likeness (QED) is 0.738. The third-order valence-corrected chi connectivity index (χ3v) is 4.81. The van der Waals surface area contributed by atoms with Gasteiger partial charge in [0.1, 0.15) is 5.54 Å². The van der Waals surface area contributed by atoms with E-state index in [-0.39, 0.29) is 5.91 Å². The molecule has 0 spiro atoms. The summed E-state index contributed by atoms with van der Waals surface area (Å²) in [6.45, 7) is 8.39. The van der Waals surface area contributed by atoms with E-state index in [0.717, 1.165) is 39.0 Å². The highest BCUT2D eigenvalue weighted by Crippen LogP contribution is 2.39. The zero-order chi connectivity index (χ0) is 15.3. The van der Waals surface area contributed by atoms with Gasteiger partial charge in [-0.15, -0.1) is 0 Å². The van der Waals surface area contributed by atoms with Gasteiger partial charge in [-0.25, -0.2) is 0 Å². The monoisotopic (exact) mass is 292 g/mol. The van der Waals surface area contributed by atoms with Gasteiger partial charge < -0.3 is 10.6 Å². The Morgan fingerprint density at radius 2 is 2.05 bits per heavy atom. The van der Waals surface area contributed by atoms with E-state index >= 15 is 0 Å². The second-order valence-electron chi connectivity index (χ2n) is 6.66. The number of likely N-dealkylation sites (N-methyl/N-ethyl adjacent to an activating group) is 1. The maximum Gasteiger partial charge on any atom is 0.235 e. The molecule has 1 aliphatic carbocycles. The number of nitrogens with zero attached hydrogens (tertiary/aromatic N) is 2. The summed E-state index contributed by atoms with van der Waals surface area (Å²) in [5.41, 5.74) is -0.675. The molecule has 1 saturated heterocycles. The van der Waals surface area contributed by atoms with Crippen LogP contribution in [0.1, 0.15) is 39.5 Å². The van der Waals surface area contributed by atoms with Crippen LogP contribution in [0.4, 0.5) is 0 Å². The van der Waals surface area contributed by atoms with E-state index in [4.69, 9.17) is 0 Å². The first-order chi connectivity index (χ1) is 10.1. The molecular formula is C16H28N4O. The van der Waals surface area contributed by atoms with Gasteiger partial charge in [0.15, 0.2) is 0 Å². The molecule has 2 aliphatic rings. The largest absolute Gasteiger partial charge is 0.337 e. The SMILES string of the molecule is CCN(CC(=O)NC(C)(C#N)C1CC1)CC1CCNCC1. The van der Waals surface area contributed by atoms with Crippen LogP contribution in [-0.2, 0) is 4.79 Å². The Morgan fingerprint density at radius 1 is 1.38 bits per heavy atom. The average molecular weight is 292 g/mol. The van der Waals surface area contributed by atoms with Gasteiger partial charge in [0.05, 0.1) is 12.6 Å². The number of nitriles is 1. The van der Waals surface area contributed by atoms with Crippen LogP contribution in [0, 0.1) is 23.2 Å². The summed E-state index contributed by atoms with van der Waals surface area (Å²) in [7, 11) is 0. The molecule has 5 heteroatoms. The van der Waals surface area contributed by atoms with E-state index < -0.39 is 5.54 Å². The van der Waals surface area contributed by atoms with Gasteiger partial charge in [-0.1, -0.05) is 6.92 Å². The zero-order valence-electron chi connectivity index (χ0n) is 13.3. The van der Waals surface area contributed by atoms with Gasteiger partial charge in [-0.2, -0.15) is 5.26 Å². The van der Waals surface area contributed by atoms with Crippen molar-refractivity contribution in [1.82, 2.24) is 15.5 Å². The number of piperidine rings is 1. The van der Waals surface area contributed by atoms with Gasteiger partial charge in [-0.05, 0) is 64.1 Å². The molecule has 0 bridgehead atoms. The van der Waals surface area contributed by atoms with Crippen LogP contribution in [0.5, 0.6) is 0 Å². The van der Waals surface area contributed by atoms with Crippen LogP contribution in [0.15, 0.2) is 0 Å². The third kappa shape index (κ3) is 4.69. The van der Waals surface area contributed by atoms with Gasteiger partial charge in [0.25, 0.3) is 0 Å². The summed E-state index contributed by atoms with van der Waals surface area (Å²) in [6.07, 6.45) is 4.49. The Morgan fingerprint density at radius 3 is 2.57 bits per heavy atom. The number of rotatable bonds is 7.